The van der Waals surface area contributed by atoms with Crippen LogP contribution >= 0.6 is 0 Å². The van der Waals surface area contributed by atoms with Crippen LogP contribution < -0.4 is 10.1 Å². The van der Waals surface area contributed by atoms with Crippen LogP contribution in [0, 0.1) is 12.8 Å². The van der Waals surface area contributed by atoms with E-state index < -0.39 is 0 Å². The lowest BCUT2D eigenvalue weighted by Gasteiger charge is -2.15. The number of hydrogen-bond donors (Lipinski definition) is 1. The van der Waals surface area contributed by atoms with Crippen LogP contribution in [0.15, 0.2) is 35.1 Å². The molecule has 1 aromatic carbocycles. The Morgan fingerprint density at radius 3 is 3.09 bits per heavy atom. The Labute approximate surface area is 134 Å². The number of hydrogen-bond acceptors (Lipinski definition) is 5. The third-order valence-electron chi connectivity index (χ3n) is 3.83. The number of nitrogens with zero attached hydrogens (tertiary/aromatic N) is 1. The molecule has 1 atom stereocenters. The molecule has 1 aliphatic heterocycles. The fraction of sp³-hybridized carbons (Fsp3) is 0.412. The van der Waals surface area contributed by atoms with Crippen LogP contribution in [-0.2, 0) is 11.3 Å². The fourth-order valence-electron chi connectivity index (χ4n) is 2.46. The molecule has 2 heterocycles. The van der Waals surface area contributed by atoms with Gasteiger partial charge in [0.2, 0.25) is 0 Å². The van der Waals surface area contributed by atoms with Crippen molar-refractivity contribution < 1.29 is 18.8 Å². The molecule has 1 aromatic heterocycles. The summed E-state index contributed by atoms with van der Waals surface area (Å²) in [6, 6.07) is 7.50. The number of benzene rings is 1. The lowest BCUT2D eigenvalue weighted by Crippen LogP contribution is -2.23. The predicted octanol–water partition coefficient (Wildman–Crippen LogP) is 2.33. The van der Waals surface area contributed by atoms with Crippen LogP contribution in [0.1, 0.15) is 28.0 Å². The summed E-state index contributed by atoms with van der Waals surface area (Å²) in [5.74, 6) is 0.972. The average molecular weight is 316 g/mol. The minimum Gasteiger partial charge on any atom is -0.493 e. The number of carbonyl (C=O) groups is 1. The van der Waals surface area contributed by atoms with Gasteiger partial charge >= 0.3 is 0 Å². The van der Waals surface area contributed by atoms with Gasteiger partial charge in [0.15, 0.2) is 5.69 Å². The first-order valence-electron chi connectivity index (χ1n) is 7.71. The standard InChI is InChI=1S/C17H20N2O4/c1-12-2-3-14(9-18-17(20)15-5-7-23-19-15)16(8-12)22-11-13-4-6-21-10-13/h2-3,5,7-8,13H,4,6,9-11H2,1H3,(H,18,20)/t13-/m0/s1. The highest BCUT2D eigenvalue weighted by Gasteiger charge is 2.17. The Morgan fingerprint density at radius 2 is 2.35 bits per heavy atom. The number of rotatable bonds is 6. The topological polar surface area (TPSA) is 73.6 Å². The van der Waals surface area contributed by atoms with E-state index in [-0.39, 0.29) is 11.6 Å². The van der Waals surface area contributed by atoms with Gasteiger partial charge in [-0.3, -0.25) is 4.79 Å². The van der Waals surface area contributed by atoms with Crippen molar-refractivity contribution in [2.24, 2.45) is 5.92 Å². The SMILES string of the molecule is Cc1ccc(CNC(=O)c2ccon2)c(OC[C@H]2CCOC2)c1. The Balaban J connectivity index is 1.62. The van der Waals surface area contributed by atoms with Crippen molar-refractivity contribution in [3.8, 4) is 5.75 Å². The van der Waals surface area contributed by atoms with Crippen molar-refractivity contribution in [2.45, 2.75) is 19.9 Å². The number of nitrogens with one attached hydrogen (secondary N) is 1. The molecule has 0 spiro atoms. The molecule has 0 bridgehead atoms. The van der Waals surface area contributed by atoms with Crippen molar-refractivity contribution in [2.75, 3.05) is 19.8 Å². The zero-order valence-electron chi connectivity index (χ0n) is 13.1. The molecule has 0 unspecified atom stereocenters. The van der Waals surface area contributed by atoms with Crippen molar-refractivity contribution >= 4 is 5.91 Å². The van der Waals surface area contributed by atoms with Gasteiger partial charge in [-0.25, -0.2) is 0 Å². The molecule has 0 saturated carbocycles. The molecule has 1 saturated heterocycles. The van der Waals surface area contributed by atoms with E-state index in [4.69, 9.17) is 9.47 Å². The third-order valence-corrected chi connectivity index (χ3v) is 3.83. The lowest BCUT2D eigenvalue weighted by molar-refractivity contribution is 0.0941. The smallest absolute Gasteiger partial charge is 0.273 e. The van der Waals surface area contributed by atoms with Gasteiger partial charge in [0.25, 0.3) is 5.91 Å². The van der Waals surface area contributed by atoms with Gasteiger partial charge in [-0.1, -0.05) is 17.3 Å². The molecule has 122 valence electrons. The quantitative estimate of drug-likeness (QED) is 0.885. The molecule has 23 heavy (non-hydrogen) atoms. The van der Waals surface area contributed by atoms with Crippen LogP contribution in [0.25, 0.3) is 0 Å². The molecule has 1 N–H and O–H groups in total. The highest BCUT2D eigenvalue weighted by Crippen LogP contribution is 2.22. The monoisotopic (exact) mass is 316 g/mol. The van der Waals surface area contributed by atoms with Crippen molar-refractivity contribution in [3.05, 3.63) is 47.3 Å². The molecular formula is C17H20N2O4. The van der Waals surface area contributed by atoms with E-state index >= 15 is 0 Å². The van der Waals surface area contributed by atoms with Gasteiger partial charge in [-0.05, 0) is 25.0 Å². The average Bonchev–Trinajstić information content (AvgIpc) is 3.25. The second kappa shape index (κ2) is 7.28. The normalized spacial score (nSPS) is 17.2. The van der Waals surface area contributed by atoms with Crippen LogP contribution in [0.5, 0.6) is 5.75 Å². The molecular weight excluding hydrogens is 296 g/mol. The summed E-state index contributed by atoms with van der Waals surface area (Å²) in [6.45, 7) is 4.59. The Hall–Kier alpha value is -2.34. The molecule has 1 aliphatic rings. The van der Waals surface area contributed by atoms with Gasteiger partial charge in [0.1, 0.15) is 12.0 Å². The molecule has 6 heteroatoms. The van der Waals surface area contributed by atoms with Crippen LogP contribution in [0.3, 0.4) is 0 Å². The van der Waals surface area contributed by atoms with E-state index in [1.54, 1.807) is 0 Å². The number of aryl methyl sites for hydroxylation is 1. The summed E-state index contributed by atoms with van der Waals surface area (Å²) in [4.78, 5) is 11.9. The number of aromatic nitrogens is 1. The van der Waals surface area contributed by atoms with Gasteiger partial charge in [0.05, 0.1) is 13.2 Å². The molecule has 1 fully saturated rings. The largest absolute Gasteiger partial charge is 0.493 e. The molecule has 2 aromatic rings. The molecule has 0 aliphatic carbocycles. The highest BCUT2D eigenvalue weighted by atomic mass is 16.5. The summed E-state index contributed by atoms with van der Waals surface area (Å²) in [5, 5.41) is 6.44. The molecule has 0 radical (unpaired) electrons. The van der Waals surface area contributed by atoms with Crippen LogP contribution in [0.4, 0.5) is 0 Å². The van der Waals surface area contributed by atoms with E-state index in [0.717, 1.165) is 36.5 Å². The van der Waals surface area contributed by atoms with Gasteiger partial charge < -0.3 is 19.3 Å². The van der Waals surface area contributed by atoms with Gasteiger partial charge in [-0.2, -0.15) is 0 Å². The first-order valence-corrected chi connectivity index (χ1v) is 7.71. The maximum absolute atomic E-state index is 11.9. The highest BCUT2D eigenvalue weighted by molar-refractivity contribution is 5.91. The zero-order valence-corrected chi connectivity index (χ0v) is 13.1. The van der Waals surface area contributed by atoms with Gasteiger partial charge in [0, 0.05) is 30.7 Å². The summed E-state index contributed by atoms with van der Waals surface area (Å²) in [6.07, 6.45) is 2.41. The number of ether oxygens (including phenoxy) is 2. The third kappa shape index (κ3) is 4.10. The van der Waals surface area contributed by atoms with E-state index in [2.05, 4.69) is 15.0 Å². The molecule has 6 nitrogen and oxygen atoms in total. The van der Waals surface area contributed by atoms with E-state index in [9.17, 15) is 4.79 Å². The second-order valence-corrected chi connectivity index (χ2v) is 5.72. The van der Waals surface area contributed by atoms with Crippen molar-refractivity contribution in [3.63, 3.8) is 0 Å². The van der Waals surface area contributed by atoms with Crippen molar-refractivity contribution in [1.29, 1.82) is 0 Å². The second-order valence-electron chi connectivity index (χ2n) is 5.72. The fourth-order valence-corrected chi connectivity index (χ4v) is 2.46. The zero-order chi connectivity index (χ0) is 16.1. The maximum atomic E-state index is 11.9. The van der Waals surface area contributed by atoms with E-state index in [1.807, 2.05) is 25.1 Å². The summed E-state index contributed by atoms with van der Waals surface area (Å²) in [5.41, 5.74) is 2.32. The Bertz CT molecular complexity index is 649. The van der Waals surface area contributed by atoms with Crippen molar-refractivity contribution in [1.82, 2.24) is 10.5 Å². The first kappa shape index (κ1) is 15.6. The maximum Gasteiger partial charge on any atom is 0.273 e. The Kier molecular flexibility index (Phi) is 4.92. The first-order chi connectivity index (χ1) is 11.2. The lowest BCUT2D eigenvalue weighted by atomic mass is 10.1. The summed E-state index contributed by atoms with van der Waals surface area (Å²) >= 11 is 0. The van der Waals surface area contributed by atoms with Crippen LogP contribution in [-0.4, -0.2) is 30.9 Å². The van der Waals surface area contributed by atoms with Crippen LogP contribution in [0.2, 0.25) is 0 Å². The minimum atomic E-state index is -0.269. The van der Waals surface area contributed by atoms with E-state index in [0.29, 0.717) is 19.1 Å². The number of amides is 1. The number of carbonyl (C=O) groups excluding carboxylic acids is 1. The molecule has 3 rings (SSSR count). The predicted molar refractivity (Wildman–Crippen MR) is 83.3 cm³/mol. The molecule has 1 amide bonds. The van der Waals surface area contributed by atoms with Gasteiger partial charge in [-0.15, -0.1) is 0 Å². The summed E-state index contributed by atoms with van der Waals surface area (Å²) in [7, 11) is 0. The Morgan fingerprint density at radius 1 is 1.43 bits per heavy atom. The summed E-state index contributed by atoms with van der Waals surface area (Å²) < 4.78 is 16.0. The minimum absolute atomic E-state index is 0.266. The van der Waals surface area contributed by atoms with E-state index in [1.165, 1.54) is 12.3 Å².